The van der Waals surface area contributed by atoms with E-state index < -0.39 is 11.4 Å². The van der Waals surface area contributed by atoms with Crippen LogP contribution in [0.2, 0.25) is 5.02 Å². The van der Waals surface area contributed by atoms with Crippen LogP contribution in [0.15, 0.2) is 23.0 Å². The van der Waals surface area contributed by atoms with Crippen molar-refractivity contribution in [3.05, 3.63) is 44.2 Å². The Hall–Kier alpha value is -1.66. The summed E-state index contributed by atoms with van der Waals surface area (Å²) in [6.07, 6.45) is 0. The van der Waals surface area contributed by atoms with E-state index in [-0.39, 0.29) is 26.7 Å². The third-order valence-corrected chi connectivity index (χ3v) is 2.70. The van der Waals surface area contributed by atoms with Crippen LogP contribution in [0.4, 0.5) is 10.2 Å². The summed E-state index contributed by atoms with van der Waals surface area (Å²) in [5, 5.41) is 0.104. The molecule has 1 aromatic heterocycles. The van der Waals surface area contributed by atoms with Crippen molar-refractivity contribution < 1.29 is 4.39 Å². The highest BCUT2D eigenvalue weighted by molar-refractivity contribution is 7.71. The summed E-state index contributed by atoms with van der Waals surface area (Å²) in [4.78, 5) is 16.6. The summed E-state index contributed by atoms with van der Waals surface area (Å²) in [5.74, 6) is -0.647. The molecule has 0 atom stereocenters. The number of nitrogen functional groups attached to an aromatic ring is 1. The number of anilines is 1. The van der Waals surface area contributed by atoms with E-state index in [2.05, 4.69) is 9.97 Å². The number of H-pyrrole nitrogens is 2. The molecule has 0 aliphatic carbocycles. The highest BCUT2D eigenvalue weighted by Gasteiger charge is 2.16. The molecule has 0 bridgehead atoms. The fourth-order valence-corrected chi connectivity index (χ4v) is 1.95. The van der Waals surface area contributed by atoms with Gasteiger partial charge in [0.05, 0.1) is 10.6 Å². The number of hydrogen-bond donors (Lipinski definition) is 3. The maximum Gasteiger partial charge on any atom is 0.261 e. The number of halogens is 2. The maximum absolute atomic E-state index is 13.7. The van der Waals surface area contributed by atoms with Gasteiger partial charge in [0.15, 0.2) is 4.77 Å². The molecule has 0 radical (unpaired) electrons. The molecule has 0 spiro atoms. The zero-order chi connectivity index (χ0) is 12.6. The minimum Gasteiger partial charge on any atom is -0.385 e. The summed E-state index contributed by atoms with van der Waals surface area (Å²) in [6, 6.07) is 4.11. The molecule has 0 aliphatic heterocycles. The Bertz CT molecular complexity index is 674. The van der Waals surface area contributed by atoms with Crippen molar-refractivity contribution in [3.63, 3.8) is 0 Å². The van der Waals surface area contributed by atoms with Crippen LogP contribution in [0.25, 0.3) is 11.1 Å². The van der Waals surface area contributed by atoms with Crippen molar-refractivity contribution in [2.75, 3.05) is 5.73 Å². The predicted molar refractivity (Wildman–Crippen MR) is 67.1 cm³/mol. The van der Waals surface area contributed by atoms with Gasteiger partial charge in [-0.05, 0) is 24.4 Å². The first-order valence-electron chi connectivity index (χ1n) is 4.57. The van der Waals surface area contributed by atoms with Crippen molar-refractivity contribution in [2.24, 2.45) is 0 Å². The molecular weight excluding hydrogens is 265 g/mol. The van der Waals surface area contributed by atoms with Crippen LogP contribution in [0.3, 0.4) is 0 Å². The van der Waals surface area contributed by atoms with Crippen LogP contribution in [0.1, 0.15) is 0 Å². The Morgan fingerprint density at radius 2 is 2.00 bits per heavy atom. The van der Waals surface area contributed by atoms with Crippen LogP contribution >= 0.6 is 23.8 Å². The van der Waals surface area contributed by atoms with Gasteiger partial charge in [0.1, 0.15) is 11.6 Å². The number of aromatic nitrogens is 2. The molecule has 17 heavy (non-hydrogen) atoms. The molecule has 0 amide bonds. The van der Waals surface area contributed by atoms with Gasteiger partial charge in [-0.2, -0.15) is 0 Å². The average Bonchev–Trinajstić information content (AvgIpc) is 2.21. The second-order valence-electron chi connectivity index (χ2n) is 3.29. The fraction of sp³-hybridized carbons (Fsp3) is 0. The maximum atomic E-state index is 13.7. The summed E-state index contributed by atoms with van der Waals surface area (Å²) in [7, 11) is 0. The minimum absolute atomic E-state index is 0.0225. The monoisotopic (exact) mass is 271 g/mol. The SMILES string of the molecule is Nc1[nH]c(=S)[nH]c(=O)c1-c1c(F)cccc1Cl. The van der Waals surface area contributed by atoms with E-state index in [1.54, 1.807) is 0 Å². The molecule has 0 saturated heterocycles. The van der Waals surface area contributed by atoms with Gasteiger partial charge in [-0.25, -0.2) is 4.39 Å². The van der Waals surface area contributed by atoms with Crippen LogP contribution in [-0.4, -0.2) is 9.97 Å². The van der Waals surface area contributed by atoms with Gasteiger partial charge in [-0.3, -0.25) is 9.78 Å². The number of nitrogens with one attached hydrogen (secondary N) is 2. The van der Waals surface area contributed by atoms with Gasteiger partial charge < -0.3 is 10.7 Å². The number of aromatic amines is 2. The third kappa shape index (κ3) is 2.09. The summed E-state index contributed by atoms with van der Waals surface area (Å²) in [5.41, 5.74) is 4.94. The second kappa shape index (κ2) is 4.31. The van der Waals surface area contributed by atoms with Crippen molar-refractivity contribution in [2.45, 2.75) is 0 Å². The lowest BCUT2D eigenvalue weighted by atomic mass is 10.1. The summed E-state index contributed by atoms with van der Waals surface area (Å²) >= 11 is 10.6. The minimum atomic E-state index is -0.625. The molecule has 4 N–H and O–H groups in total. The van der Waals surface area contributed by atoms with Crippen LogP contribution in [-0.2, 0) is 0 Å². The zero-order valence-corrected chi connectivity index (χ0v) is 9.95. The molecule has 4 nitrogen and oxygen atoms in total. The molecule has 0 saturated carbocycles. The Morgan fingerprint density at radius 1 is 1.29 bits per heavy atom. The first kappa shape index (κ1) is 11.8. The van der Waals surface area contributed by atoms with Crippen LogP contribution < -0.4 is 11.3 Å². The van der Waals surface area contributed by atoms with E-state index in [1.807, 2.05) is 0 Å². The number of hydrogen-bond acceptors (Lipinski definition) is 3. The van der Waals surface area contributed by atoms with Crippen molar-refractivity contribution in [3.8, 4) is 11.1 Å². The molecule has 2 rings (SSSR count). The Labute approximate surface area is 105 Å². The van der Waals surface area contributed by atoms with Crippen molar-refractivity contribution in [1.82, 2.24) is 9.97 Å². The third-order valence-electron chi connectivity index (χ3n) is 2.18. The number of rotatable bonds is 1. The van der Waals surface area contributed by atoms with E-state index >= 15 is 0 Å². The number of benzene rings is 1. The zero-order valence-electron chi connectivity index (χ0n) is 8.38. The molecule has 1 aromatic carbocycles. The second-order valence-corrected chi connectivity index (χ2v) is 4.11. The lowest BCUT2D eigenvalue weighted by Crippen LogP contribution is -2.14. The van der Waals surface area contributed by atoms with E-state index in [0.29, 0.717) is 0 Å². The Morgan fingerprint density at radius 3 is 2.59 bits per heavy atom. The molecule has 0 unspecified atom stereocenters. The van der Waals surface area contributed by atoms with Crippen molar-refractivity contribution >= 4 is 29.6 Å². The first-order valence-corrected chi connectivity index (χ1v) is 5.36. The molecule has 7 heteroatoms. The van der Waals surface area contributed by atoms with Gasteiger partial charge in [0.25, 0.3) is 5.56 Å². The molecule has 0 aliphatic rings. The molecule has 1 heterocycles. The summed E-state index contributed by atoms with van der Waals surface area (Å²) < 4.78 is 13.7. The van der Waals surface area contributed by atoms with E-state index in [4.69, 9.17) is 29.6 Å². The standard InChI is InChI=1S/C10H7ClFN3OS/c11-4-2-1-3-5(12)6(4)7-8(13)14-10(17)15-9(7)16/h1-3H,(H4,13,14,15,16,17). The fourth-order valence-electron chi connectivity index (χ4n) is 1.49. The van der Waals surface area contributed by atoms with E-state index in [1.165, 1.54) is 18.2 Å². The highest BCUT2D eigenvalue weighted by atomic mass is 35.5. The lowest BCUT2D eigenvalue weighted by molar-refractivity contribution is 0.631. The molecule has 88 valence electrons. The normalized spacial score (nSPS) is 10.5. The van der Waals surface area contributed by atoms with E-state index in [9.17, 15) is 9.18 Å². The molecular formula is C10H7ClFN3OS. The molecule has 2 aromatic rings. The van der Waals surface area contributed by atoms with Crippen LogP contribution in [0.5, 0.6) is 0 Å². The van der Waals surface area contributed by atoms with Gasteiger partial charge in [0, 0.05) is 5.56 Å². The highest BCUT2D eigenvalue weighted by Crippen LogP contribution is 2.30. The van der Waals surface area contributed by atoms with Gasteiger partial charge in [0.2, 0.25) is 0 Å². The average molecular weight is 272 g/mol. The Kier molecular flexibility index (Phi) is 2.99. The Balaban J connectivity index is 2.87. The smallest absolute Gasteiger partial charge is 0.261 e. The van der Waals surface area contributed by atoms with Crippen LogP contribution in [0, 0.1) is 10.6 Å². The molecule has 0 fully saturated rings. The quantitative estimate of drug-likeness (QED) is 0.698. The largest absolute Gasteiger partial charge is 0.385 e. The summed E-state index contributed by atoms with van der Waals surface area (Å²) in [6.45, 7) is 0. The van der Waals surface area contributed by atoms with Gasteiger partial charge >= 0.3 is 0 Å². The van der Waals surface area contributed by atoms with E-state index in [0.717, 1.165) is 0 Å². The van der Waals surface area contributed by atoms with Gasteiger partial charge in [-0.15, -0.1) is 0 Å². The first-order chi connectivity index (χ1) is 8.00. The number of nitrogens with two attached hydrogens (primary N) is 1. The lowest BCUT2D eigenvalue weighted by Gasteiger charge is -2.07. The van der Waals surface area contributed by atoms with Crippen molar-refractivity contribution in [1.29, 1.82) is 0 Å². The topological polar surface area (TPSA) is 74.7 Å². The van der Waals surface area contributed by atoms with Gasteiger partial charge in [-0.1, -0.05) is 17.7 Å². The predicted octanol–water partition coefficient (Wildman–Crippen LogP) is 2.47.